The van der Waals surface area contributed by atoms with Crippen molar-refractivity contribution >= 4 is 28.5 Å². The van der Waals surface area contributed by atoms with Crippen molar-refractivity contribution in [2.75, 3.05) is 6.61 Å². The fourth-order valence-electron chi connectivity index (χ4n) is 3.49. The van der Waals surface area contributed by atoms with Crippen LogP contribution in [0.4, 0.5) is 0 Å². The molecule has 5 nitrogen and oxygen atoms in total. The lowest BCUT2D eigenvalue weighted by atomic mass is 10.1. The predicted octanol–water partition coefficient (Wildman–Crippen LogP) is 5.30. The van der Waals surface area contributed by atoms with E-state index >= 15 is 0 Å². The molecule has 0 aliphatic carbocycles. The van der Waals surface area contributed by atoms with E-state index in [-0.39, 0.29) is 18.6 Å². The van der Waals surface area contributed by atoms with Crippen molar-refractivity contribution < 1.29 is 9.53 Å². The maximum atomic E-state index is 12.5. The summed E-state index contributed by atoms with van der Waals surface area (Å²) in [6.07, 6.45) is 0. The fourth-order valence-corrected chi connectivity index (χ4v) is 3.62. The van der Waals surface area contributed by atoms with E-state index in [4.69, 9.17) is 21.3 Å². The lowest BCUT2D eigenvalue weighted by Crippen LogP contribution is -2.32. The Morgan fingerprint density at radius 3 is 2.52 bits per heavy atom. The Morgan fingerprint density at radius 2 is 1.77 bits per heavy atom. The van der Waals surface area contributed by atoms with E-state index in [1.54, 1.807) is 24.3 Å². The van der Waals surface area contributed by atoms with E-state index in [9.17, 15) is 4.79 Å². The molecule has 158 valence electrons. The molecule has 3 aromatic carbocycles. The minimum absolute atomic E-state index is 0.0792. The molecular formula is C25H24ClN3O2. The van der Waals surface area contributed by atoms with Crippen LogP contribution in [0, 0.1) is 6.92 Å². The molecule has 4 aromatic rings. The van der Waals surface area contributed by atoms with Crippen molar-refractivity contribution in [1.82, 2.24) is 14.9 Å². The van der Waals surface area contributed by atoms with Gasteiger partial charge >= 0.3 is 0 Å². The van der Waals surface area contributed by atoms with Gasteiger partial charge < -0.3 is 14.6 Å². The van der Waals surface area contributed by atoms with Gasteiger partial charge in [0, 0.05) is 11.6 Å². The summed E-state index contributed by atoms with van der Waals surface area (Å²) in [5.41, 5.74) is 4.35. The van der Waals surface area contributed by atoms with Gasteiger partial charge in [-0.1, -0.05) is 53.6 Å². The van der Waals surface area contributed by atoms with Crippen molar-refractivity contribution in [3.05, 3.63) is 94.8 Å². The average Bonchev–Trinajstić information content (AvgIpc) is 3.13. The van der Waals surface area contributed by atoms with Gasteiger partial charge in [0.05, 0.1) is 17.1 Å². The van der Waals surface area contributed by atoms with Crippen LogP contribution in [0.25, 0.3) is 11.0 Å². The molecule has 0 bridgehead atoms. The topological polar surface area (TPSA) is 56.2 Å². The van der Waals surface area contributed by atoms with E-state index in [1.807, 2.05) is 25.1 Å². The second-order valence-corrected chi connectivity index (χ2v) is 8.00. The third-order valence-electron chi connectivity index (χ3n) is 5.09. The number of aromatic nitrogens is 2. The largest absolute Gasteiger partial charge is 0.484 e. The monoisotopic (exact) mass is 433 g/mol. The molecule has 31 heavy (non-hydrogen) atoms. The highest BCUT2D eigenvalue weighted by atomic mass is 35.5. The number of hydrogen-bond acceptors (Lipinski definition) is 3. The minimum atomic E-state index is -0.279. The number of amides is 1. The summed E-state index contributed by atoms with van der Waals surface area (Å²) < 4.78 is 7.72. The zero-order valence-electron chi connectivity index (χ0n) is 17.5. The van der Waals surface area contributed by atoms with Gasteiger partial charge in [-0.05, 0) is 55.8 Å². The number of rotatable bonds is 7. The van der Waals surface area contributed by atoms with Crippen molar-refractivity contribution in [1.29, 1.82) is 0 Å². The Hall–Kier alpha value is -3.31. The van der Waals surface area contributed by atoms with Gasteiger partial charge in [-0.2, -0.15) is 0 Å². The molecule has 0 radical (unpaired) electrons. The van der Waals surface area contributed by atoms with E-state index in [2.05, 4.69) is 47.1 Å². The van der Waals surface area contributed by atoms with Gasteiger partial charge in [0.2, 0.25) is 0 Å². The first-order valence-electron chi connectivity index (χ1n) is 10.2. The molecule has 1 aromatic heterocycles. The van der Waals surface area contributed by atoms with E-state index in [1.165, 1.54) is 11.1 Å². The number of fused-ring (bicyclic) bond motifs is 1. The number of nitrogens with zero attached hydrogens (tertiary/aromatic N) is 2. The average molecular weight is 434 g/mol. The Balaban J connectivity index is 1.51. The SMILES string of the molecule is Cc1ccc(Cn2c(C(C)NC(=O)COc3ccc(Cl)cc3)nc3ccccc32)cc1. The lowest BCUT2D eigenvalue weighted by molar-refractivity contribution is -0.123. The van der Waals surface area contributed by atoms with Crippen LogP contribution in [0.15, 0.2) is 72.8 Å². The fraction of sp³-hybridized carbons (Fsp3) is 0.200. The zero-order chi connectivity index (χ0) is 21.8. The van der Waals surface area contributed by atoms with Gasteiger partial charge in [0.1, 0.15) is 11.6 Å². The summed E-state index contributed by atoms with van der Waals surface area (Å²) in [5.74, 6) is 1.19. The second-order valence-electron chi connectivity index (χ2n) is 7.56. The quantitative estimate of drug-likeness (QED) is 0.430. The van der Waals surface area contributed by atoms with Gasteiger partial charge in [0.15, 0.2) is 6.61 Å². The van der Waals surface area contributed by atoms with Gasteiger partial charge in [-0.15, -0.1) is 0 Å². The van der Waals surface area contributed by atoms with Crippen LogP contribution in [-0.2, 0) is 11.3 Å². The third-order valence-corrected chi connectivity index (χ3v) is 5.35. The summed E-state index contributed by atoms with van der Waals surface area (Å²) in [6.45, 7) is 4.61. The summed E-state index contributed by atoms with van der Waals surface area (Å²) in [5, 5.41) is 3.62. The molecule has 0 saturated heterocycles. The molecule has 1 amide bonds. The maximum absolute atomic E-state index is 12.5. The number of halogens is 1. The molecule has 0 fully saturated rings. The minimum Gasteiger partial charge on any atom is -0.484 e. The molecule has 1 atom stereocenters. The first-order chi connectivity index (χ1) is 15.0. The number of ether oxygens (including phenoxy) is 1. The molecule has 0 saturated carbocycles. The predicted molar refractivity (Wildman–Crippen MR) is 124 cm³/mol. The summed E-state index contributed by atoms with van der Waals surface area (Å²) in [6, 6.07) is 23.1. The highest BCUT2D eigenvalue weighted by molar-refractivity contribution is 6.30. The van der Waals surface area contributed by atoms with Crippen LogP contribution in [0.1, 0.15) is 29.9 Å². The molecule has 1 N–H and O–H groups in total. The van der Waals surface area contributed by atoms with Gasteiger partial charge in [0.25, 0.3) is 5.91 Å². The maximum Gasteiger partial charge on any atom is 0.258 e. The van der Waals surface area contributed by atoms with Crippen LogP contribution in [0.3, 0.4) is 0 Å². The standard InChI is InChI=1S/C25H24ClN3O2/c1-17-7-9-19(10-8-17)15-29-23-6-4-3-5-22(23)28-25(29)18(2)27-24(30)16-31-21-13-11-20(26)12-14-21/h3-14,18H,15-16H2,1-2H3,(H,27,30). The normalized spacial score (nSPS) is 12.0. The summed E-state index contributed by atoms with van der Waals surface area (Å²) in [4.78, 5) is 17.3. The van der Waals surface area contributed by atoms with Crippen LogP contribution >= 0.6 is 11.6 Å². The number of hydrogen-bond donors (Lipinski definition) is 1. The highest BCUT2D eigenvalue weighted by Crippen LogP contribution is 2.22. The van der Waals surface area contributed by atoms with Crippen molar-refractivity contribution in [3.63, 3.8) is 0 Å². The van der Waals surface area contributed by atoms with E-state index in [0.29, 0.717) is 17.3 Å². The number of imidazole rings is 1. The van der Waals surface area contributed by atoms with E-state index in [0.717, 1.165) is 16.9 Å². The Bertz CT molecular complexity index is 1180. The molecular weight excluding hydrogens is 410 g/mol. The van der Waals surface area contributed by atoms with Crippen LogP contribution < -0.4 is 10.1 Å². The molecule has 0 aliphatic rings. The first kappa shape index (κ1) is 20.9. The second kappa shape index (κ2) is 9.23. The summed E-state index contributed by atoms with van der Waals surface area (Å²) in [7, 11) is 0. The Kier molecular flexibility index (Phi) is 6.23. The van der Waals surface area contributed by atoms with Crippen LogP contribution in [0.5, 0.6) is 5.75 Å². The number of carbonyl (C=O) groups excluding carboxylic acids is 1. The molecule has 1 heterocycles. The molecule has 1 unspecified atom stereocenters. The summed E-state index contributed by atoms with van der Waals surface area (Å²) >= 11 is 5.88. The number of benzene rings is 3. The van der Waals surface area contributed by atoms with E-state index < -0.39 is 0 Å². The van der Waals surface area contributed by atoms with Crippen molar-refractivity contribution in [3.8, 4) is 5.75 Å². The number of nitrogens with one attached hydrogen (secondary N) is 1. The molecule has 0 spiro atoms. The van der Waals surface area contributed by atoms with Gasteiger partial charge in [-0.25, -0.2) is 4.98 Å². The van der Waals surface area contributed by atoms with Crippen LogP contribution in [-0.4, -0.2) is 22.1 Å². The molecule has 0 aliphatic heterocycles. The molecule has 6 heteroatoms. The molecule has 4 rings (SSSR count). The zero-order valence-corrected chi connectivity index (χ0v) is 18.3. The van der Waals surface area contributed by atoms with Crippen LogP contribution in [0.2, 0.25) is 5.02 Å². The Morgan fingerprint density at radius 1 is 1.06 bits per heavy atom. The number of para-hydroxylation sites is 2. The smallest absolute Gasteiger partial charge is 0.258 e. The van der Waals surface area contributed by atoms with Crippen molar-refractivity contribution in [2.45, 2.75) is 26.4 Å². The Labute approximate surface area is 186 Å². The highest BCUT2D eigenvalue weighted by Gasteiger charge is 2.19. The van der Waals surface area contributed by atoms with Crippen molar-refractivity contribution in [2.24, 2.45) is 0 Å². The van der Waals surface area contributed by atoms with Gasteiger partial charge in [-0.3, -0.25) is 4.79 Å². The number of carbonyl (C=O) groups is 1. The lowest BCUT2D eigenvalue weighted by Gasteiger charge is -2.17. The third kappa shape index (κ3) is 5.06. The first-order valence-corrected chi connectivity index (χ1v) is 10.6. The number of aryl methyl sites for hydroxylation is 1.